The highest BCUT2D eigenvalue weighted by molar-refractivity contribution is 5.79. The molecule has 0 bridgehead atoms. The maximum Gasteiger partial charge on any atom is 0.227 e. The molecule has 1 atom stereocenters. The molecule has 0 aliphatic carbocycles. The molecule has 2 rings (SSSR count). The average molecular weight is 254 g/mol. The van der Waals surface area contributed by atoms with Gasteiger partial charge >= 0.3 is 0 Å². The van der Waals surface area contributed by atoms with Crippen LogP contribution in [0.4, 0.5) is 8.78 Å². The Morgan fingerprint density at radius 1 is 1.50 bits per heavy atom. The largest absolute Gasteiger partial charge is 0.337 e. The third-order valence-corrected chi connectivity index (χ3v) is 3.17. The summed E-state index contributed by atoms with van der Waals surface area (Å²) < 4.78 is 26.5. The third kappa shape index (κ3) is 2.85. The molecule has 1 unspecified atom stereocenters. The summed E-state index contributed by atoms with van der Waals surface area (Å²) in [7, 11) is 0. The molecule has 0 radical (unpaired) electrons. The quantitative estimate of drug-likeness (QED) is 0.863. The summed E-state index contributed by atoms with van der Waals surface area (Å²) in [6.45, 7) is 4.02. The molecule has 1 N–H and O–H groups in total. The van der Waals surface area contributed by atoms with Crippen LogP contribution in [-0.4, -0.2) is 36.5 Å². The lowest BCUT2D eigenvalue weighted by Gasteiger charge is -2.34. The van der Waals surface area contributed by atoms with Crippen LogP contribution in [0.15, 0.2) is 18.2 Å². The molecule has 1 aliphatic rings. The standard InChI is InChI=1S/C13H16F2N2O/c1-9-8-16-4-5-17(9)13(18)7-10-6-11(14)2-3-12(10)15/h2-3,6,9,16H,4-5,7-8H2,1H3. The molecule has 1 fully saturated rings. The van der Waals surface area contributed by atoms with Crippen molar-refractivity contribution in [1.29, 1.82) is 0 Å². The maximum atomic E-state index is 13.4. The smallest absolute Gasteiger partial charge is 0.227 e. The maximum absolute atomic E-state index is 13.4. The fourth-order valence-electron chi connectivity index (χ4n) is 2.15. The highest BCUT2D eigenvalue weighted by Gasteiger charge is 2.23. The Morgan fingerprint density at radius 3 is 3.00 bits per heavy atom. The van der Waals surface area contributed by atoms with E-state index in [-0.39, 0.29) is 23.9 Å². The number of hydrogen-bond donors (Lipinski definition) is 1. The number of nitrogens with zero attached hydrogens (tertiary/aromatic N) is 1. The van der Waals surface area contributed by atoms with Gasteiger partial charge in [0.2, 0.25) is 5.91 Å². The molecular weight excluding hydrogens is 238 g/mol. The van der Waals surface area contributed by atoms with Crippen LogP contribution in [0.1, 0.15) is 12.5 Å². The van der Waals surface area contributed by atoms with Crippen molar-refractivity contribution in [3.8, 4) is 0 Å². The normalized spacial score (nSPS) is 19.9. The summed E-state index contributed by atoms with van der Waals surface area (Å²) in [6.07, 6.45) is -0.0894. The zero-order chi connectivity index (χ0) is 13.1. The first kappa shape index (κ1) is 13.0. The van der Waals surface area contributed by atoms with E-state index in [2.05, 4.69) is 5.32 Å². The van der Waals surface area contributed by atoms with Gasteiger partial charge in [-0.15, -0.1) is 0 Å². The molecule has 1 heterocycles. The average Bonchev–Trinajstić information content (AvgIpc) is 2.34. The molecule has 5 heteroatoms. The van der Waals surface area contributed by atoms with Gasteiger partial charge in [-0.1, -0.05) is 0 Å². The Kier molecular flexibility index (Phi) is 3.91. The number of carbonyl (C=O) groups is 1. The molecule has 3 nitrogen and oxygen atoms in total. The van der Waals surface area contributed by atoms with Crippen LogP contribution >= 0.6 is 0 Å². The van der Waals surface area contributed by atoms with Crippen molar-refractivity contribution >= 4 is 5.91 Å². The van der Waals surface area contributed by atoms with Gasteiger partial charge < -0.3 is 10.2 Å². The fraction of sp³-hybridized carbons (Fsp3) is 0.462. The fourth-order valence-corrected chi connectivity index (χ4v) is 2.15. The predicted molar refractivity (Wildman–Crippen MR) is 64.1 cm³/mol. The van der Waals surface area contributed by atoms with Gasteiger partial charge in [-0.05, 0) is 25.1 Å². The van der Waals surface area contributed by atoms with Gasteiger partial charge in [0.05, 0.1) is 6.42 Å². The van der Waals surface area contributed by atoms with E-state index < -0.39 is 11.6 Å². The van der Waals surface area contributed by atoms with Crippen LogP contribution < -0.4 is 5.32 Å². The molecule has 1 aromatic carbocycles. The van der Waals surface area contributed by atoms with Gasteiger partial charge in [0.1, 0.15) is 11.6 Å². The summed E-state index contributed by atoms with van der Waals surface area (Å²) in [6, 6.07) is 3.28. The number of halogens is 2. The van der Waals surface area contributed by atoms with Gasteiger partial charge in [0.25, 0.3) is 0 Å². The molecule has 18 heavy (non-hydrogen) atoms. The van der Waals surface area contributed by atoms with E-state index in [1.165, 1.54) is 0 Å². The summed E-state index contributed by atoms with van der Waals surface area (Å²) >= 11 is 0. The van der Waals surface area contributed by atoms with E-state index >= 15 is 0 Å². The number of rotatable bonds is 2. The summed E-state index contributed by atoms with van der Waals surface area (Å²) in [5, 5.41) is 3.18. The second kappa shape index (κ2) is 5.44. The van der Waals surface area contributed by atoms with Gasteiger partial charge in [-0.25, -0.2) is 8.78 Å². The van der Waals surface area contributed by atoms with Gasteiger partial charge in [0, 0.05) is 31.2 Å². The summed E-state index contributed by atoms with van der Waals surface area (Å²) in [4.78, 5) is 13.8. The lowest BCUT2D eigenvalue weighted by molar-refractivity contribution is -0.133. The van der Waals surface area contributed by atoms with Gasteiger partial charge in [-0.3, -0.25) is 4.79 Å². The number of benzene rings is 1. The minimum absolute atomic E-state index is 0.0860. The highest BCUT2D eigenvalue weighted by atomic mass is 19.1. The van der Waals surface area contributed by atoms with Crippen LogP contribution in [0, 0.1) is 11.6 Å². The van der Waals surface area contributed by atoms with Crippen LogP contribution in [-0.2, 0) is 11.2 Å². The van der Waals surface area contributed by atoms with Gasteiger partial charge in [-0.2, -0.15) is 0 Å². The number of carbonyl (C=O) groups excluding carboxylic acids is 1. The molecule has 0 saturated carbocycles. The van der Waals surface area contributed by atoms with Crippen LogP contribution in [0.5, 0.6) is 0 Å². The van der Waals surface area contributed by atoms with E-state index in [0.717, 1.165) is 31.3 Å². The summed E-state index contributed by atoms with van der Waals surface area (Å²) in [5.74, 6) is -1.21. The van der Waals surface area contributed by atoms with Crippen molar-refractivity contribution < 1.29 is 13.6 Å². The Hall–Kier alpha value is -1.49. The number of nitrogens with one attached hydrogen (secondary N) is 1. The van der Waals surface area contributed by atoms with Crippen molar-refractivity contribution in [2.45, 2.75) is 19.4 Å². The van der Waals surface area contributed by atoms with Crippen molar-refractivity contribution in [2.75, 3.05) is 19.6 Å². The topological polar surface area (TPSA) is 32.3 Å². The Morgan fingerprint density at radius 2 is 2.28 bits per heavy atom. The number of piperazine rings is 1. The van der Waals surface area contributed by atoms with E-state index in [0.29, 0.717) is 6.54 Å². The minimum atomic E-state index is -0.535. The van der Waals surface area contributed by atoms with Crippen molar-refractivity contribution in [2.24, 2.45) is 0 Å². The molecule has 1 amide bonds. The molecule has 98 valence electrons. The van der Waals surface area contributed by atoms with Crippen LogP contribution in [0.25, 0.3) is 0 Å². The Balaban J connectivity index is 2.08. The van der Waals surface area contributed by atoms with E-state index in [4.69, 9.17) is 0 Å². The first-order valence-corrected chi connectivity index (χ1v) is 6.02. The summed E-state index contributed by atoms with van der Waals surface area (Å²) in [5.41, 5.74) is 0.116. The SMILES string of the molecule is CC1CNCCN1C(=O)Cc1cc(F)ccc1F. The second-order valence-corrected chi connectivity index (χ2v) is 4.55. The van der Waals surface area contributed by atoms with E-state index in [1.54, 1.807) is 4.90 Å². The Bertz CT molecular complexity index is 451. The molecule has 1 aromatic rings. The van der Waals surface area contributed by atoms with Crippen LogP contribution in [0.3, 0.4) is 0 Å². The molecule has 0 aromatic heterocycles. The number of amides is 1. The third-order valence-electron chi connectivity index (χ3n) is 3.17. The lowest BCUT2D eigenvalue weighted by Crippen LogP contribution is -2.52. The van der Waals surface area contributed by atoms with Crippen molar-refractivity contribution in [3.63, 3.8) is 0 Å². The first-order valence-electron chi connectivity index (χ1n) is 6.02. The van der Waals surface area contributed by atoms with Crippen LogP contribution in [0.2, 0.25) is 0 Å². The molecule has 1 aliphatic heterocycles. The first-order chi connectivity index (χ1) is 8.58. The molecule has 0 spiro atoms. The zero-order valence-electron chi connectivity index (χ0n) is 10.2. The Labute approximate surface area is 105 Å². The van der Waals surface area contributed by atoms with E-state index in [9.17, 15) is 13.6 Å². The van der Waals surface area contributed by atoms with E-state index in [1.807, 2.05) is 6.92 Å². The minimum Gasteiger partial charge on any atom is -0.337 e. The molecular formula is C13H16F2N2O. The monoisotopic (exact) mass is 254 g/mol. The number of hydrogen-bond acceptors (Lipinski definition) is 2. The highest BCUT2D eigenvalue weighted by Crippen LogP contribution is 2.13. The zero-order valence-corrected chi connectivity index (χ0v) is 10.2. The lowest BCUT2D eigenvalue weighted by atomic mass is 10.1. The second-order valence-electron chi connectivity index (χ2n) is 4.55. The van der Waals surface area contributed by atoms with Crippen molar-refractivity contribution in [3.05, 3.63) is 35.4 Å². The van der Waals surface area contributed by atoms with Crippen molar-refractivity contribution in [1.82, 2.24) is 10.2 Å². The van der Waals surface area contributed by atoms with Gasteiger partial charge in [0.15, 0.2) is 0 Å². The molecule has 1 saturated heterocycles. The predicted octanol–water partition coefficient (Wildman–Crippen LogP) is 1.33.